The van der Waals surface area contributed by atoms with E-state index in [1.165, 1.54) is 0 Å². The van der Waals surface area contributed by atoms with E-state index in [0.29, 0.717) is 28.2 Å². The number of carbonyl (C=O) groups excluding carboxylic acids is 1. The molecular weight excluding hydrogens is 481 g/mol. The Kier molecular flexibility index (Phi) is 7.77. The van der Waals surface area contributed by atoms with E-state index in [0.717, 1.165) is 42.5 Å². The van der Waals surface area contributed by atoms with Gasteiger partial charge in [0.1, 0.15) is 11.6 Å². The Morgan fingerprint density at radius 2 is 1.80 bits per heavy atom. The lowest BCUT2D eigenvalue weighted by atomic mass is 9.69. The quantitative estimate of drug-likeness (QED) is 0.322. The van der Waals surface area contributed by atoms with Crippen molar-refractivity contribution >= 4 is 29.1 Å². The van der Waals surface area contributed by atoms with Crippen LogP contribution in [0.2, 0.25) is 10.0 Å². The maximum absolute atomic E-state index is 13.3. The number of amides is 1. The molecule has 4 rings (SSSR count). The van der Waals surface area contributed by atoms with Gasteiger partial charge < -0.3 is 15.4 Å². The molecule has 1 atom stereocenters. The van der Waals surface area contributed by atoms with Crippen LogP contribution < -0.4 is 5.32 Å². The standard InChI is InChI=1S/C28H33Cl2N3O2/c1-28(2,3)19-8-6-18(7-9-19)27(35)33-24(14-17-4-11-21(34)12-5-17)26-31-16-25(32-26)22-13-10-20(29)15-23(22)30/h4-5,10-13,15-16,18-19,24,34H,6-9,14H2,1-3H3,(H,31,32)(H,33,35)/t18?,19?,24-/m0/s1. The Balaban J connectivity index is 1.53. The minimum atomic E-state index is -0.341. The summed E-state index contributed by atoms with van der Waals surface area (Å²) in [5, 5.41) is 14.0. The molecule has 2 aromatic carbocycles. The van der Waals surface area contributed by atoms with Crippen molar-refractivity contribution in [2.75, 3.05) is 0 Å². The number of aromatic amines is 1. The van der Waals surface area contributed by atoms with Gasteiger partial charge in [-0.15, -0.1) is 0 Å². The smallest absolute Gasteiger partial charge is 0.223 e. The zero-order valence-corrected chi connectivity index (χ0v) is 22.0. The fourth-order valence-electron chi connectivity index (χ4n) is 4.95. The number of nitrogens with one attached hydrogen (secondary N) is 2. The zero-order valence-electron chi connectivity index (χ0n) is 20.4. The van der Waals surface area contributed by atoms with Crippen LogP contribution >= 0.6 is 23.2 Å². The zero-order chi connectivity index (χ0) is 25.2. The first kappa shape index (κ1) is 25.6. The number of halogens is 2. The van der Waals surface area contributed by atoms with E-state index in [2.05, 4.69) is 36.1 Å². The summed E-state index contributed by atoms with van der Waals surface area (Å²) in [5.74, 6) is 1.61. The highest BCUT2D eigenvalue weighted by Gasteiger charge is 2.33. The lowest BCUT2D eigenvalue weighted by molar-refractivity contribution is -0.127. The van der Waals surface area contributed by atoms with Gasteiger partial charge in [0.15, 0.2) is 0 Å². The van der Waals surface area contributed by atoms with Crippen molar-refractivity contribution in [1.82, 2.24) is 15.3 Å². The Morgan fingerprint density at radius 1 is 1.11 bits per heavy atom. The van der Waals surface area contributed by atoms with E-state index in [-0.39, 0.29) is 29.0 Å². The summed E-state index contributed by atoms with van der Waals surface area (Å²) in [4.78, 5) is 21.3. The van der Waals surface area contributed by atoms with E-state index in [1.54, 1.807) is 30.5 Å². The first-order valence-corrected chi connectivity index (χ1v) is 12.9. The Labute approximate surface area is 217 Å². The number of hydrogen-bond acceptors (Lipinski definition) is 3. The molecule has 3 N–H and O–H groups in total. The van der Waals surface area contributed by atoms with Gasteiger partial charge >= 0.3 is 0 Å². The first-order valence-electron chi connectivity index (χ1n) is 12.2. The van der Waals surface area contributed by atoms with Gasteiger partial charge in [-0.05, 0) is 79.3 Å². The SMILES string of the molecule is CC(C)(C)C1CCC(C(=O)N[C@@H](Cc2ccc(O)cc2)c2ncc(-c3ccc(Cl)cc3Cl)[nH]2)CC1. The van der Waals surface area contributed by atoms with Crippen molar-refractivity contribution in [3.63, 3.8) is 0 Å². The summed E-state index contributed by atoms with van der Waals surface area (Å²) in [6.45, 7) is 6.85. The number of benzene rings is 2. The number of rotatable bonds is 6. The van der Waals surface area contributed by atoms with Gasteiger partial charge in [-0.25, -0.2) is 4.98 Å². The second-order valence-electron chi connectivity index (χ2n) is 10.7. The van der Waals surface area contributed by atoms with Gasteiger partial charge in [0.2, 0.25) is 5.91 Å². The second kappa shape index (κ2) is 10.6. The van der Waals surface area contributed by atoms with Crippen molar-refractivity contribution in [2.45, 2.75) is 58.9 Å². The summed E-state index contributed by atoms with van der Waals surface area (Å²) >= 11 is 12.5. The average Bonchev–Trinajstić information content (AvgIpc) is 3.29. The van der Waals surface area contributed by atoms with Gasteiger partial charge in [0, 0.05) is 16.5 Å². The summed E-state index contributed by atoms with van der Waals surface area (Å²) in [7, 11) is 0. The molecule has 1 heterocycles. The maximum Gasteiger partial charge on any atom is 0.223 e. The fourth-order valence-corrected chi connectivity index (χ4v) is 5.46. The molecule has 0 saturated heterocycles. The highest BCUT2D eigenvalue weighted by molar-refractivity contribution is 6.36. The molecule has 1 saturated carbocycles. The van der Waals surface area contributed by atoms with E-state index in [1.807, 2.05) is 18.2 Å². The number of nitrogens with zero attached hydrogens (tertiary/aromatic N) is 1. The van der Waals surface area contributed by atoms with Crippen LogP contribution in [-0.2, 0) is 11.2 Å². The highest BCUT2D eigenvalue weighted by atomic mass is 35.5. The molecule has 1 aliphatic carbocycles. The van der Waals surface area contributed by atoms with Crippen molar-refractivity contribution in [2.24, 2.45) is 17.3 Å². The molecule has 1 aromatic heterocycles. The molecule has 0 bridgehead atoms. The van der Waals surface area contributed by atoms with Crippen LogP contribution in [0.1, 0.15) is 63.9 Å². The summed E-state index contributed by atoms with van der Waals surface area (Å²) < 4.78 is 0. The third-order valence-electron chi connectivity index (χ3n) is 7.16. The molecule has 3 aromatic rings. The number of aromatic nitrogens is 2. The van der Waals surface area contributed by atoms with Crippen molar-refractivity contribution in [3.8, 4) is 17.0 Å². The second-order valence-corrected chi connectivity index (χ2v) is 11.5. The van der Waals surface area contributed by atoms with Crippen LogP contribution in [0.5, 0.6) is 5.75 Å². The molecule has 0 aliphatic heterocycles. The monoisotopic (exact) mass is 513 g/mol. The molecule has 186 valence electrons. The molecule has 0 radical (unpaired) electrons. The number of hydrogen-bond donors (Lipinski definition) is 3. The van der Waals surface area contributed by atoms with E-state index < -0.39 is 0 Å². The van der Waals surface area contributed by atoms with Gasteiger partial charge in [0.05, 0.1) is 23.0 Å². The van der Waals surface area contributed by atoms with Gasteiger partial charge in [-0.3, -0.25) is 4.79 Å². The lowest BCUT2D eigenvalue weighted by Crippen LogP contribution is -2.38. The van der Waals surface area contributed by atoms with Crippen molar-refractivity contribution < 1.29 is 9.90 Å². The minimum Gasteiger partial charge on any atom is -0.508 e. The Morgan fingerprint density at radius 3 is 2.43 bits per heavy atom. The fraction of sp³-hybridized carbons (Fsp3) is 0.429. The van der Waals surface area contributed by atoms with Crippen molar-refractivity contribution in [3.05, 3.63) is 70.1 Å². The number of H-pyrrole nitrogens is 1. The van der Waals surface area contributed by atoms with E-state index in [9.17, 15) is 9.90 Å². The largest absolute Gasteiger partial charge is 0.508 e. The number of phenols is 1. The molecule has 5 nitrogen and oxygen atoms in total. The third-order valence-corrected chi connectivity index (χ3v) is 7.71. The van der Waals surface area contributed by atoms with E-state index in [4.69, 9.17) is 23.2 Å². The van der Waals surface area contributed by atoms with Gasteiger partial charge in [-0.1, -0.05) is 56.1 Å². The Hall–Kier alpha value is -2.50. The maximum atomic E-state index is 13.3. The van der Waals surface area contributed by atoms with Gasteiger partial charge in [-0.2, -0.15) is 0 Å². The number of phenolic OH excluding ortho intramolecular Hbond substituents is 1. The van der Waals surface area contributed by atoms with Crippen molar-refractivity contribution in [1.29, 1.82) is 0 Å². The van der Waals surface area contributed by atoms with Crippen LogP contribution in [0, 0.1) is 17.3 Å². The lowest BCUT2D eigenvalue weighted by Gasteiger charge is -2.36. The molecule has 1 aliphatic rings. The Bertz CT molecular complexity index is 1160. The van der Waals surface area contributed by atoms with Gasteiger partial charge in [0.25, 0.3) is 0 Å². The van der Waals surface area contributed by atoms with Crippen LogP contribution in [0.4, 0.5) is 0 Å². The minimum absolute atomic E-state index is 0.0102. The summed E-state index contributed by atoms with van der Waals surface area (Å²) in [5.41, 5.74) is 2.82. The normalized spacial score (nSPS) is 19.3. The van der Waals surface area contributed by atoms with Crippen LogP contribution in [0.3, 0.4) is 0 Å². The number of aromatic hydroxyl groups is 1. The predicted octanol–water partition coefficient (Wildman–Crippen LogP) is 7.34. The molecule has 1 fully saturated rings. The molecule has 1 amide bonds. The van der Waals surface area contributed by atoms with Crippen LogP contribution in [-0.4, -0.2) is 21.0 Å². The summed E-state index contributed by atoms with van der Waals surface area (Å²) in [6, 6.07) is 12.0. The number of imidazole rings is 1. The summed E-state index contributed by atoms with van der Waals surface area (Å²) in [6.07, 6.45) is 6.24. The third kappa shape index (κ3) is 6.39. The predicted molar refractivity (Wildman–Crippen MR) is 142 cm³/mol. The molecule has 0 unspecified atom stereocenters. The van der Waals surface area contributed by atoms with Crippen LogP contribution in [0.15, 0.2) is 48.7 Å². The van der Waals surface area contributed by atoms with E-state index >= 15 is 0 Å². The topological polar surface area (TPSA) is 78.0 Å². The molecule has 7 heteroatoms. The molecule has 0 spiro atoms. The molecule has 35 heavy (non-hydrogen) atoms. The first-order chi connectivity index (χ1) is 16.6. The van der Waals surface area contributed by atoms with Crippen LogP contribution in [0.25, 0.3) is 11.3 Å². The average molecular weight is 514 g/mol. The molecular formula is C28H33Cl2N3O2. The number of carbonyl (C=O) groups is 1. The highest BCUT2D eigenvalue weighted by Crippen LogP contribution is 2.40.